The molecule has 0 aliphatic rings. The molecule has 2 N–H and O–H groups in total. The van der Waals surface area contributed by atoms with E-state index in [2.05, 4.69) is 15.5 Å². The minimum absolute atomic E-state index is 0.0203. The zero-order chi connectivity index (χ0) is 13.5. The molecule has 1 aromatic carbocycles. The van der Waals surface area contributed by atoms with Crippen molar-refractivity contribution in [2.75, 3.05) is 11.2 Å². The van der Waals surface area contributed by atoms with Crippen LogP contribution in [0.5, 0.6) is 0 Å². The number of alkyl halides is 1. The smallest absolute Gasteiger partial charge is 0.224 e. The van der Waals surface area contributed by atoms with E-state index in [4.69, 9.17) is 11.6 Å². The number of rotatable bonds is 6. The molecule has 0 unspecified atom stereocenters. The Morgan fingerprint density at radius 1 is 1.32 bits per heavy atom. The van der Waals surface area contributed by atoms with Crippen LogP contribution in [0.2, 0.25) is 0 Å². The summed E-state index contributed by atoms with van der Waals surface area (Å²) in [5, 5.41) is 9.70. The van der Waals surface area contributed by atoms with Gasteiger partial charge in [-0.25, -0.2) is 0 Å². The van der Waals surface area contributed by atoms with Gasteiger partial charge in [0.1, 0.15) is 0 Å². The molecule has 1 amide bonds. The molecule has 0 aliphatic heterocycles. The Hall–Kier alpha value is -1.81. The molecule has 4 nitrogen and oxygen atoms in total. The first-order valence-electron chi connectivity index (χ1n) is 6.25. The van der Waals surface area contributed by atoms with Crippen LogP contribution in [0.15, 0.2) is 36.5 Å². The van der Waals surface area contributed by atoms with Crippen LogP contribution in [0.1, 0.15) is 19.3 Å². The van der Waals surface area contributed by atoms with E-state index in [1.807, 2.05) is 30.3 Å². The topological polar surface area (TPSA) is 57.8 Å². The van der Waals surface area contributed by atoms with Gasteiger partial charge in [0.2, 0.25) is 5.91 Å². The standard InChI is InChI=1S/C14H16ClN3O/c15-8-2-1-6-14(19)17-12-5-3-4-11(10-12)13-7-9-16-18-13/h3-5,7,9-10H,1-2,6,8H2,(H,16,18)(H,17,19). The van der Waals surface area contributed by atoms with Crippen molar-refractivity contribution in [3.05, 3.63) is 36.5 Å². The summed E-state index contributed by atoms with van der Waals surface area (Å²) in [7, 11) is 0. The highest BCUT2D eigenvalue weighted by Gasteiger charge is 2.04. The fourth-order valence-corrected chi connectivity index (χ4v) is 1.97. The largest absolute Gasteiger partial charge is 0.326 e. The Morgan fingerprint density at radius 3 is 2.95 bits per heavy atom. The lowest BCUT2D eigenvalue weighted by Gasteiger charge is -2.06. The number of hydrogen-bond donors (Lipinski definition) is 2. The maximum atomic E-state index is 11.7. The third kappa shape index (κ3) is 4.10. The number of nitrogens with zero attached hydrogens (tertiary/aromatic N) is 1. The predicted octanol–water partition coefficient (Wildman–Crippen LogP) is 3.42. The molecule has 0 fully saturated rings. The lowest BCUT2D eigenvalue weighted by molar-refractivity contribution is -0.116. The Balaban J connectivity index is 1.97. The van der Waals surface area contributed by atoms with Crippen molar-refractivity contribution in [2.24, 2.45) is 0 Å². The number of benzene rings is 1. The molecular formula is C14H16ClN3O. The molecule has 2 aromatic rings. The van der Waals surface area contributed by atoms with Crippen LogP contribution in [0.4, 0.5) is 5.69 Å². The Labute approximate surface area is 117 Å². The third-order valence-corrected chi connectivity index (χ3v) is 3.01. The normalized spacial score (nSPS) is 10.4. The van der Waals surface area contributed by atoms with Crippen molar-refractivity contribution in [2.45, 2.75) is 19.3 Å². The van der Waals surface area contributed by atoms with Crippen LogP contribution in [0, 0.1) is 0 Å². The minimum atomic E-state index is 0.0203. The second kappa shape index (κ2) is 6.95. The highest BCUT2D eigenvalue weighted by atomic mass is 35.5. The van der Waals surface area contributed by atoms with Gasteiger partial charge >= 0.3 is 0 Å². The summed E-state index contributed by atoms with van der Waals surface area (Å²) in [4.78, 5) is 11.7. The molecular weight excluding hydrogens is 262 g/mol. The molecule has 1 heterocycles. The fraction of sp³-hybridized carbons (Fsp3) is 0.286. The molecule has 5 heteroatoms. The molecule has 0 saturated carbocycles. The lowest BCUT2D eigenvalue weighted by atomic mass is 10.1. The highest BCUT2D eigenvalue weighted by Crippen LogP contribution is 2.20. The predicted molar refractivity (Wildman–Crippen MR) is 77.2 cm³/mol. The van der Waals surface area contributed by atoms with Crippen molar-refractivity contribution >= 4 is 23.2 Å². The van der Waals surface area contributed by atoms with Crippen LogP contribution in [-0.2, 0) is 4.79 Å². The van der Waals surface area contributed by atoms with E-state index in [1.165, 1.54) is 0 Å². The first-order chi connectivity index (χ1) is 9.29. The number of H-pyrrole nitrogens is 1. The maximum absolute atomic E-state index is 11.7. The molecule has 0 aliphatic carbocycles. The van der Waals surface area contributed by atoms with E-state index in [9.17, 15) is 4.79 Å². The van der Waals surface area contributed by atoms with Crippen molar-refractivity contribution in [3.63, 3.8) is 0 Å². The number of amides is 1. The average molecular weight is 278 g/mol. The number of carbonyl (C=O) groups excluding carboxylic acids is 1. The summed E-state index contributed by atoms with van der Waals surface area (Å²) < 4.78 is 0. The fourth-order valence-electron chi connectivity index (χ4n) is 1.78. The Bertz CT molecular complexity index is 525. The Kier molecular flexibility index (Phi) is 4.98. The zero-order valence-corrected chi connectivity index (χ0v) is 11.3. The summed E-state index contributed by atoms with van der Waals surface area (Å²) in [5.74, 6) is 0.620. The summed E-state index contributed by atoms with van der Waals surface area (Å²) in [6, 6.07) is 9.56. The molecule has 100 valence electrons. The van der Waals surface area contributed by atoms with Crippen LogP contribution in [0.25, 0.3) is 11.3 Å². The number of halogens is 1. The maximum Gasteiger partial charge on any atom is 0.224 e. The van der Waals surface area contributed by atoms with E-state index < -0.39 is 0 Å². The number of unbranched alkanes of at least 4 members (excludes halogenated alkanes) is 1. The van der Waals surface area contributed by atoms with Gasteiger partial charge in [0, 0.05) is 29.7 Å². The van der Waals surface area contributed by atoms with E-state index in [1.54, 1.807) is 6.20 Å². The van der Waals surface area contributed by atoms with Gasteiger partial charge in [-0.05, 0) is 31.0 Å². The quantitative estimate of drug-likeness (QED) is 0.628. The van der Waals surface area contributed by atoms with Gasteiger partial charge in [0.05, 0.1) is 5.69 Å². The molecule has 19 heavy (non-hydrogen) atoms. The summed E-state index contributed by atoms with van der Waals surface area (Å²) in [6.45, 7) is 0. The van der Waals surface area contributed by atoms with Crippen LogP contribution >= 0.6 is 11.6 Å². The van der Waals surface area contributed by atoms with E-state index >= 15 is 0 Å². The van der Waals surface area contributed by atoms with E-state index in [0.717, 1.165) is 29.8 Å². The van der Waals surface area contributed by atoms with Crippen LogP contribution < -0.4 is 5.32 Å². The van der Waals surface area contributed by atoms with E-state index in [0.29, 0.717) is 12.3 Å². The zero-order valence-electron chi connectivity index (χ0n) is 10.5. The molecule has 1 aromatic heterocycles. The van der Waals surface area contributed by atoms with Crippen LogP contribution in [-0.4, -0.2) is 22.0 Å². The summed E-state index contributed by atoms with van der Waals surface area (Å²) in [6.07, 6.45) is 3.88. The number of aromatic nitrogens is 2. The highest BCUT2D eigenvalue weighted by molar-refractivity contribution is 6.17. The first-order valence-corrected chi connectivity index (χ1v) is 6.78. The monoisotopic (exact) mass is 277 g/mol. The van der Waals surface area contributed by atoms with Gasteiger partial charge in [-0.2, -0.15) is 5.10 Å². The molecule has 2 rings (SSSR count). The van der Waals surface area contributed by atoms with Gasteiger partial charge in [0.15, 0.2) is 0 Å². The second-order valence-corrected chi connectivity index (χ2v) is 4.62. The average Bonchev–Trinajstić information content (AvgIpc) is 2.93. The van der Waals surface area contributed by atoms with Gasteiger partial charge < -0.3 is 5.32 Å². The SMILES string of the molecule is O=C(CCCCCl)Nc1cccc(-c2ccn[nH]2)c1. The van der Waals surface area contributed by atoms with Crippen molar-refractivity contribution in [1.29, 1.82) is 0 Å². The molecule has 0 bridgehead atoms. The third-order valence-electron chi connectivity index (χ3n) is 2.75. The number of aromatic amines is 1. The lowest BCUT2D eigenvalue weighted by Crippen LogP contribution is -2.11. The molecule has 0 atom stereocenters. The minimum Gasteiger partial charge on any atom is -0.326 e. The van der Waals surface area contributed by atoms with Crippen molar-refractivity contribution in [1.82, 2.24) is 10.2 Å². The molecule has 0 radical (unpaired) electrons. The van der Waals surface area contributed by atoms with Crippen molar-refractivity contribution in [3.8, 4) is 11.3 Å². The number of carbonyl (C=O) groups is 1. The van der Waals surface area contributed by atoms with Crippen molar-refractivity contribution < 1.29 is 4.79 Å². The number of anilines is 1. The number of nitrogens with one attached hydrogen (secondary N) is 2. The molecule has 0 saturated heterocycles. The van der Waals surface area contributed by atoms with Gasteiger partial charge in [-0.1, -0.05) is 12.1 Å². The summed E-state index contributed by atoms with van der Waals surface area (Å²) in [5.41, 5.74) is 2.72. The van der Waals surface area contributed by atoms with E-state index in [-0.39, 0.29) is 5.91 Å². The second-order valence-electron chi connectivity index (χ2n) is 4.25. The van der Waals surface area contributed by atoms with Crippen LogP contribution in [0.3, 0.4) is 0 Å². The molecule has 0 spiro atoms. The summed E-state index contributed by atoms with van der Waals surface area (Å²) >= 11 is 5.58. The van der Waals surface area contributed by atoms with Gasteiger partial charge in [-0.3, -0.25) is 9.89 Å². The van der Waals surface area contributed by atoms with Gasteiger partial charge in [0.25, 0.3) is 0 Å². The Morgan fingerprint density at radius 2 is 2.21 bits per heavy atom. The van der Waals surface area contributed by atoms with Gasteiger partial charge in [-0.15, -0.1) is 11.6 Å². The first kappa shape index (κ1) is 13.6. The number of hydrogen-bond acceptors (Lipinski definition) is 2.